The van der Waals surface area contributed by atoms with Gasteiger partial charge in [-0.15, -0.1) is 0 Å². The SMILES string of the molecule is Cn1c(Nc2nc3ncnc(NCc4nc5ccccc5[nH]4)c3[nH]2)nc2ccccc21. The molecule has 0 aliphatic carbocycles. The monoisotopic (exact) mass is 410 g/mol. The smallest absolute Gasteiger partial charge is 0.210 e. The van der Waals surface area contributed by atoms with Crippen LogP contribution in [0.4, 0.5) is 17.7 Å². The Bertz CT molecular complexity index is 1510. The number of aryl methyl sites for hydroxylation is 1. The summed E-state index contributed by atoms with van der Waals surface area (Å²) in [6, 6.07) is 15.9. The van der Waals surface area contributed by atoms with Gasteiger partial charge in [-0.05, 0) is 24.3 Å². The number of aromatic amines is 2. The average Bonchev–Trinajstić information content (AvgIpc) is 3.48. The van der Waals surface area contributed by atoms with Crippen molar-refractivity contribution in [3.05, 3.63) is 60.7 Å². The van der Waals surface area contributed by atoms with Gasteiger partial charge in [-0.25, -0.2) is 19.9 Å². The maximum absolute atomic E-state index is 4.62. The van der Waals surface area contributed by atoms with Gasteiger partial charge in [0.2, 0.25) is 11.9 Å². The summed E-state index contributed by atoms with van der Waals surface area (Å²) in [7, 11) is 1.96. The van der Waals surface area contributed by atoms with Gasteiger partial charge in [0.25, 0.3) is 0 Å². The lowest BCUT2D eigenvalue weighted by molar-refractivity contribution is 0.953. The van der Waals surface area contributed by atoms with Crippen molar-refractivity contribution in [2.24, 2.45) is 7.05 Å². The molecule has 4 N–H and O–H groups in total. The van der Waals surface area contributed by atoms with Gasteiger partial charge in [-0.2, -0.15) is 4.98 Å². The van der Waals surface area contributed by atoms with Crippen LogP contribution in [0.25, 0.3) is 33.2 Å². The van der Waals surface area contributed by atoms with Gasteiger partial charge >= 0.3 is 0 Å². The zero-order chi connectivity index (χ0) is 20.8. The fourth-order valence-electron chi connectivity index (χ4n) is 3.64. The topological polar surface area (TPSA) is 125 Å². The number of rotatable bonds is 5. The summed E-state index contributed by atoms with van der Waals surface area (Å²) in [6.07, 6.45) is 1.49. The lowest BCUT2D eigenvalue weighted by Gasteiger charge is -2.04. The highest BCUT2D eigenvalue weighted by Gasteiger charge is 2.13. The van der Waals surface area contributed by atoms with Crippen LogP contribution in [-0.4, -0.2) is 39.5 Å². The molecule has 10 heteroatoms. The molecule has 0 bridgehead atoms. The maximum atomic E-state index is 4.62. The Morgan fingerprint density at radius 3 is 2.61 bits per heavy atom. The van der Waals surface area contributed by atoms with Gasteiger partial charge in [0.1, 0.15) is 17.7 Å². The number of para-hydroxylation sites is 4. The number of anilines is 3. The van der Waals surface area contributed by atoms with E-state index in [-0.39, 0.29) is 0 Å². The summed E-state index contributed by atoms with van der Waals surface area (Å²) in [5.41, 5.74) is 5.15. The van der Waals surface area contributed by atoms with Crippen molar-refractivity contribution in [2.75, 3.05) is 10.6 Å². The molecular weight excluding hydrogens is 392 g/mol. The molecule has 0 radical (unpaired) electrons. The molecule has 0 aliphatic heterocycles. The predicted molar refractivity (Wildman–Crippen MR) is 119 cm³/mol. The molecule has 0 saturated carbocycles. The second kappa shape index (κ2) is 6.80. The van der Waals surface area contributed by atoms with Crippen LogP contribution in [0.5, 0.6) is 0 Å². The fraction of sp³-hybridized carbons (Fsp3) is 0.0952. The molecule has 4 heterocycles. The van der Waals surface area contributed by atoms with Crippen molar-refractivity contribution in [1.82, 2.24) is 39.5 Å². The first-order valence-electron chi connectivity index (χ1n) is 9.81. The molecule has 0 fully saturated rings. The molecule has 152 valence electrons. The minimum atomic E-state index is 0.493. The molecule has 0 spiro atoms. The lowest BCUT2D eigenvalue weighted by atomic mass is 10.3. The van der Waals surface area contributed by atoms with Crippen molar-refractivity contribution >= 4 is 50.9 Å². The Kier molecular flexibility index (Phi) is 3.82. The van der Waals surface area contributed by atoms with E-state index in [1.165, 1.54) is 6.33 Å². The summed E-state index contributed by atoms with van der Waals surface area (Å²) in [5.74, 6) is 2.70. The third-order valence-electron chi connectivity index (χ3n) is 5.17. The van der Waals surface area contributed by atoms with E-state index in [1.54, 1.807) is 0 Å². The van der Waals surface area contributed by atoms with E-state index < -0.39 is 0 Å². The predicted octanol–water partition coefficient (Wildman–Crippen LogP) is 3.47. The summed E-state index contributed by atoms with van der Waals surface area (Å²) < 4.78 is 1.98. The number of H-pyrrole nitrogens is 2. The molecular formula is C21H18N10. The Morgan fingerprint density at radius 2 is 1.74 bits per heavy atom. The largest absolute Gasteiger partial charge is 0.361 e. The van der Waals surface area contributed by atoms with Gasteiger partial charge in [-0.1, -0.05) is 24.3 Å². The zero-order valence-corrected chi connectivity index (χ0v) is 16.6. The van der Waals surface area contributed by atoms with Gasteiger partial charge in [-0.3, -0.25) is 5.32 Å². The van der Waals surface area contributed by atoms with Gasteiger partial charge in [0.05, 0.1) is 28.6 Å². The lowest BCUT2D eigenvalue weighted by Crippen LogP contribution is -2.04. The van der Waals surface area contributed by atoms with Crippen molar-refractivity contribution < 1.29 is 0 Å². The molecule has 31 heavy (non-hydrogen) atoms. The van der Waals surface area contributed by atoms with Crippen LogP contribution in [0.2, 0.25) is 0 Å². The Hall–Kier alpha value is -4.47. The first kappa shape index (κ1) is 17.4. The number of hydrogen-bond acceptors (Lipinski definition) is 7. The molecule has 0 amide bonds. The number of nitrogens with zero attached hydrogens (tertiary/aromatic N) is 6. The molecule has 2 aromatic carbocycles. The summed E-state index contributed by atoms with van der Waals surface area (Å²) in [5, 5.41) is 6.55. The Balaban J connectivity index is 1.28. The molecule has 6 rings (SSSR count). The molecule has 10 nitrogen and oxygen atoms in total. The number of nitrogens with one attached hydrogen (secondary N) is 4. The summed E-state index contributed by atoms with van der Waals surface area (Å²) in [4.78, 5) is 28.9. The van der Waals surface area contributed by atoms with Gasteiger partial charge < -0.3 is 19.9 Å². The van der Waals surface area contributed by atoms with Crippen molar-refractivity contribution in [2.45, 2.75) is 6.54 Å². The molecule has 0 saturated heterocycles. The first-order valence-corrected chi connectivity index (χ1v) is 9.81. The van der Waals surface area contributed by atoms with Crippen molar-refractivity contribution in [3.63, 3.8) is 0 Å². The summed E-state index contributed by atoms with van der Waals surface area (Å²) >= 11 is 0. The molecule has 4 aromatic heterocycles. The molecule has 0 aliphatic rings. The number of aromatic nitrogens is 8. The van der Waals surface area contributed by atoms with Crippen molar-refractivity contribution in [1.29, 1.82) is 0 Å². The van der Waals surface area contributed by atoms with E-state index in [1.807, 2.05) is 60.1 Å². The second-order valence-electron chi connectivity index (χ2n) is 7.17. The highest BCUT2D eigenvalue weighted by molar-refractivity contribution is 5.85. The molecule has 0 unspecified atom stereocenters. The van der Waals surface area contributed by atoms with Gasteiger partial charge in [0.15, 0.2) is 11.5 Å². The average molecular weight is 410 g/mol. The Labute approximate surface area is 175 Å². The molecule has 6 aromatic rings. The van der Waals surface area contributed by atoms with E-state index in [9.17, 15) is 0 Å². The van der Waals surface area contributed by atoms with E-state index in [2.05, 4.69) is 45.5 Å². The Morgan fingerprint density at radius 1 is 0.903 bits per heavy atom. The number of hydrogen-bond donors (Lipinski definition) is 4. The van der Waals surface area contributed by atoms with Crippen LogP contribution in [-0.2, 0) is 13.6 Å². The fourth-order valence-corrected chi connectivity index (χ4v) is 3.64. The number of imidazole rings is 3. The second-order valence-corrected chi connectivity index (χ2v) is 7.17. The summed E-state index contributed by atoms with van der Waals surface area (Å²) in [6.45, 7) is 0.493. The number of benzene rings is 2. The normalized spacial score (nSPS) is 11.5. The van der Waals surface area contributed by atoms with Crippen LogP contribution in [0.1, 0.15) is 5.82 Å². The van der Waals surface area contributed by atoms with Crippen LogP contribution in [0, 0.1) is 0 Å². The van der Waals surface area contributed by atoms with Gasteiger partial charge in [0, 0.05) is 7.05 Å². The van der Waals surface area contributed by atoms with E-state index >= 15 is 0 Å². The zero-order valence-electron chi connectivity index (χ0n) is 16.6. The number of fused-ring (bicyclic) bond motifs is 3. The minimum Gasteiger partial charge on any atom is -0.361 e. The van der Waals surface area contributed by atoms with E-state index in [0.29, 0.717) is 35.4 Å². The van der Waals surface area contributed by atoms with Crippen molar-refractivity contribution in [3.8, 4) is 0 Å². The van der Waals surface area contributed by atoms with Crippen LogP contribution in [0.3, 0.4) is 0 Å². The maximum Gasteiger partial charge on any atom is 0.210 e. The van der Waals surface area contributed by atoms with Crippen LogP contribution >= 0.6 is 0 Å². The van der Waals surface area contributed by atoms with E-state index in [4.69, 9.17) is 0 Å². The highest BCUT2D eigenvalue weighted by Crippen LogP contribution is 2.23. The standard InChI is InChI=1S/C21H18N10/c1-31-15-9-5-4-8-14(15)27-21(31)30-20-28-17-18(23-11-24-19(17)29-20)22-10-16-25-12-6-2-3-7-13(12)26-16/h2-9,11H,10H2,1H3,(H,25,26)(H3,22,23,24,27,28,29,30). The molecule has 0 atom stereocenters. The third kappa shape index (κ3) is 3.01. The highest BCUT2D eigenvalue weighted by atomic mass is 15.3. The van der Waals surface area contributed by atoms with Crippen LogP contribution in [0.15, 0.2) is 54.9 Å². The first-order chi connectivity index (χ1) is 15.2. The van der Waals surface area contributed by atoms with E-state index in [0.717, 1.165) is 27.9 Å². The minimum absolute atomic E-state index is 0.493. The van der Waals surface area contributed by atoms with Crippen LogP contribution < -0.4 is 10.6 Å². The quantitative estimate of drug-likeness (QED) is 0.343. The third-order valence-corrected chi connectivity index (χ3v) is 5.17.